The number of non-ortho nitro benzene ring substituents is 1. The smallest absolute Gasteiger partial charge is 0.338 e. The Morgan fingerprint density at radius 2 is 2.10 bits per heavy atom. The Hall–Kier alpha value is -2.44. The first-order chi connectivity index (χ1) is 9.56. The monoisotopic (exact) mass is 275 g/mol. The van der Waals surface area contributed by atoms with Crippen LogP contribution in [0.5, 0.6) is 0 Å². The maximum atomic E-state index is 11.2. The van der Waals surface area contributed by atoms with Crippen LogP contribution >= 0.6 is 0 Å². The van der Waals surface area contributed by atoms with Gasteiger partial charge in [0.25, 0.3) is 5.69 Å². The summed E-state index contributed by atoms with van der Waals surface area (Å²) in [5, 5.41) is 20.0. The van der Waals surface area contributed by atoms with E-state index in [1.54, 1.807) is 0 Å². The maximum Gasteiger partial charge on any atom is 0.338 e. The van der Waals surface area contributed by atoms with Crippen LogP contribution in [-0.2, 0) is 0 Å². The van der Waals surface area contributed by atoms with Gasteiger partial charge < -0.3 is 10.1 Å². The number of nitrogens with zero attached hydrogens (tertiary/aromatic N) is 2. The summed E-state index contributed by atoms with van der Waals surface area (Å²) in [5.74, 6) is -0.174. The Morgan fingerprint density at radius 1 is 1.40 bits per heavy atom. The average Bonchev–Trinajstić information content (AvgIpc) is 3.05. The molecule has 7 heteroatoms. The van der Waals surface area contributed by atoms with Gasteiger partial charge in [-0.05, 0) is 12.8 Å². The van der Waals surface area contributed by atoms with Crippen molar-refractivity contribution in [2.24, 2.45) is 0 Å². The van der Waals surface area contributed by atoms with Crippen LogP contribution in [0.3, 0.4) is 0 Å². The number of nitrogens with one attached hydrogen (secondary N) is 1. The molecule has 1 saturated carbocycles. The lowest BCUT2D eigenvalue weighted by Crippen LogP contribution is -2.00. The third-order valence-electron chi connectivity index (χ3n) is 3.77. The summed E-state index contributed by atoms with van der Waals surface area (Å²) in [6, 6.07) is 2.40. The number of imidazole rings is 1. The third kappa shape index (κ3) is 2.01. The number of aromatic carboxylic acids is 1. The standard InChI is InChI=1S/C13H13N3O4/c17-13(18)9-5-8(16(19)20)6-10-11(9)15-12(14-10)7-3-1-2-4-7/h5-7H,1-4H2,(H,14,15)(H,17,18). The van der Waals surface area contributed by atoms with E-state index in [4.69, 9.17) is 0 Å². The van der Waals surface area contributed by atoms with Gasteiger partial charge in [0.2, 0.25) is 0 Å². The molecular formula is C13H13N3O4. The zero-order chi connectivity index (χ0) is 14.3. The zero-order valence-electron chi connectivity index (χ0n) is 10.6. The molecule has 104 valence electrons. The van der Waals surface area contributed by atoms with Crippen molar-refractivity contribution in [3.8, 4) is 0 Å². The van der Waals surface area contributed by atoms with E-state index in [0.29, 0.717) is 17.0 Å². The normalized spacial score (nSPS) is 15.8. The number of H-pyrrole nitrogens is 1. The number of aromatic nitrogens is 2. The molecule has 0 amide bonds. The lowest BCUT2D eigenvalue weighted by molar-refractivity contribution is -0.384. The zero-order valence-corrected chi connectivity index (χ0v) is 10.6. The summed E-state index contributed by atoms with van der Waals surface area (Å²) in [6.45, 7) is 0. The van der Waals surface area contributed by atoms with Crippen molar-refractivity contribution in [3.05, 3.63) is 33.6 Å². The van der Waals surface area contributed by atoms with Crippen molar-refractivity contribution in [3.63, 3.8) is 0 Å². The fourth-order valence-electron chi connectivity index (χ4n) is 2.78. The minimum Gasteiger partial charge on any atom is -0.478 e. The van der Waals surface area contributed by atoms with E-state index >= 15 is 0 Å². The van der Waals surface area contributed by atoms with Crippen molar-refractivity contribution >= 4 is 22.7 Å². The minimum atomic E-state index is -1.21. The predicted octanol–water partition coefficient (Wildman–Crippen LogP) is 2.83. The predicted molar refractivity (Wildman–Crippen MR) is 70.9 cm³/mol. The number of aromatic amines is 1. The van der Waals surface area contributed by atoms with Gasteiger partial charge in [-0.3, -0.25) is 10.1 Å². The largest absolute Gasteiger partial charge is 0.478 e. The number of carbonyl (C=O) groups is 1. The number of fused-ring (bicyclic) bond motifs is 1. The van der Waals surface area contributed by atoms with E-state index in [0.717, 1.165) is 37.6 Å². The number of carboxylic acid groups (broad SMARTS) is 1. The van der Waals surface area contributed by atoms with Crippen LogP contribution in [0.25, 0.3) is 11.0 Å². The molecule has 1 aliphatic carbocycles. The SMILES string of the molecule is O=C(O)c1cc([N+](=O)[O-])cc2[nH]c(C3CCCC3)nc12. The van der Waals surface area contributed by atoms with Gasteiger partial charge in [-0.2, -0.15) is 0 Å². The fourth-order valence-corrected chi connectivity index (χ4v) is 2.78. The summed E-state index contributed by atoms with van der Waals surface area (Å²) in [7, 11) is 0. The Morgan fingerprint density at radius 3 is 2.70 bits per heavy atom. The summed E-state index contributed by atoms with van der Waals surface area (Å²) < 4.78 is 0. The Labute approximate surface area is 113 Å². The highest BCUT2D eigenvalue weighted by Crippen LogP contribution is 2.34. The second-order valence-electron chi connectivity index (χ2n) is 5.06. The third-order valence-corrected chi connectivity index (χ3v) is 3.77. The number of hydrogen-bond donors (Lipinski definition) is 2. The molecule has 0 bridgehead atoms. The van der Waals surface area contributed by atoms with Crippen molar-refractivity contribution in [2.75, 3.05) is 0 Å². The minimum absolute atomic E-state index is 0.130. The molecule has 1 fully saturated rings. The summed E-state index contributed by atoms with van der Waals surface area (Å²) >= 11 is 0. The Kier molecular flexibility index (Phi) is 2.89. The lowest BCUT2D eigenvalue weighted by Gasteiger charge is -2.02. The van der Waals surface area contributed by atoms with Gasteiger partial charge in [-0.15, -0.1) is 0 Å². The molecule has 0 aliphatic heterocycles. The molecule has 1 aliphatic rings. The second kappa shape index (κ2) is 4.59. The van der Waals surface area contributed by atoms with Gasteiger partial charge in [-0.25, -0.2) is 9.78 Å². The molecule has 1 aromatic carbocycles. The van der Waals surface area contributed by atoms with E-state index in [-0.39, 0.29) is 11.3 Å². The van der Waals surface area contributed by atoms with E-state index in [9.17, 15) is 20.0 Å². The Bertz CT molecular complexity index is 701. The molecule has 1 heterocycles. The van der Waals surface area contributed by atoms with E-state index in [1.165, 1.54) is 6.07 Å². The number of nitro benzene ring substituents is 1. The van der Waals surface area contributed by atoms with Crippen molar-refractivity contribution in [1.29, 1.82) is 0 Å². The van der Waals surface area contributed by atoms with Gasteiger partial charge >= 0.3 is 5.97 Å². The number of benzene rings is 1. The van der Waals surface area contributed by atoms with E-state index in [1.807, 2.05) is 0 Å². The van der Waals surface area contributed by atoms with Gasteiger partial charge in [0, 0.05) is 18.1 Å². The topological polar surface area (TPSA) is 109 Å². The van der Waals surface area contributed by atoms with Crippen molar-refractivity contribution in [1.82, 2.24) is 9.97 Å². The van der Waals surface area contributed by atoms with Gasteiger partial charge in [-0.1, -0.05) is 12.8 Å². The van der Waals surface area contributed by atoms with Crippen LogP contribution in [0.4, 0.5) is 5.69 Å². The summed E-state index contributed by atoms with van der Waals surface area (Å²) in [4.78, 5) is 28.9. The molecule has 2 N–H and O–H groups in total. The lowest BCUT2D eigenvalue weighted by atomic mass is 10.1. The van der Waals surface area contributed by atoms with Crippen molar-refractivity contribution < 1.29 is 14.8 Å². The van der Waals surface area contributed by atoms with Crippen LogP contribution in [0.1, 0.15) is 47.8 Å². The molecule has 0 unspecified atom stereocenters. The number of rotatable bonds is 3. The molecule has 2 aromatic rings. The molecule has 0 saturated heterocycles. The number of nitro groups is 1. The van der Waals surface area contributed by atoms with Gasteiger partial charge in [0.15, 0.2) is 0 Å². The highest BCUT2D eigenvalue weighted by Gasteiger charge is 2.24. The molecule has 3 rings (SSSR count). The first-order valence-corrected chi connectivity index (χ1v) is 6.47. The molecule has 0 radical (unpaired) electrons. The molecule has 20 heavy (non-hydrogen) atoms. The van der Waals surface area contributed by atoms with Crippen LogP contribution in [0.2, 0.25) is 0 Å². The highest BCUT2D eigenvalue weighted by atomic mass is 16.6. The molecular weight excluding hydrogens is 262 g/mol. The Balaban J connectivity index is 2.18. The summed E-state index contributed by atoms with van der Waals surface area (Å²) in [5.41, 5.74) is 0.342. The number of carboxylic acids is 1. The van der Waals surface area contributed by atoms with E-state index < -0.39 is 10.9 Å². The van der Waals surface area contributed by atoms with Crippen LogP contribution in [0.15, 0.2) is 12.1 Å². The first-order valence-electron chi connectivity index (χ1n) is 6.47. The summed E-state index contributed by atoms with van der Waals surface area (Å²) in [6.07, 6.45) is 4.30. The fraction of sp³-hybridized carbons (Fsp3) is 0.385. The number of hydrogen-bond acceptors (Lipinski definition) is 4. The highest BCUT2D eigenvalue weighted by molar-refractivity contribution is 6.02. The van der Waals surface area contributed by atoms with Gasteiger partial charge in [0.1, 0.15) is 11.3 Å². The van der Waals surface area contributed by atoms with Crippen molar-refractivity contribution in [2.45, 2.75) is 31.6 Å². The van der Waals surface area contributed by atoms with Gasteiger partial charge in [0.05, 0.1) is 16.0 Å². The first kappa shape index (κ1) is 12.6. The quantitative estimate of drug-likeness (QED) is 0.661. The second-order valence-corrected chi connectivity index (χ2v) is 5.06. The molecule has 0 atom stereocenters. The molecule has 7 nitrogen and oxygen atoms in total. The molecule has 1 aromatic heterocycles. The van der Waals surface area contributed by atoms with Crippen LogP contribution in [-0.4, -0.2) is 26.0 Å². The van der Waals surface area contributed by atoms with E-state index in [2.05, 4.69) is 9.97 Å². The maximum absolute atomic E-state index is 11.2. The van der Waals surface area contributed by atoms with Crippen LogP contribution < -0.4 is 0 Å². The average molecular weight is 275 g/mol. The molecule has 0 spiro atoms. The van der Waals surface area contributed by atoms with Crippen LogP contribution in [0, 0.1) is 10.1 Å².